The van der Waals surface area contributed by atoms with E-state index in [1.807, 2.05) is 60.7 Å². The Hall–Kier alpha value is -2.58. The van der Waals surface area contributed by atoms with Crippen LogP contribution in [-0.2, 0) is 20.8 Å². The average molecular weight is 489 g/mol. The highest BCUT2D eigenvalue weighted by atomic mass is 35.5. The number of halogens is 1. The van der Waals surface area contributed by atoms with Crippen LogP contribution in [0.25, 0.3) is 0 Å². The van der Waals surface area contributed by atoms with E-state index in [1.54, 1.807) is 21.3 Å². The molecule has 0 N–H and O–H groups in total. The summed E-state index contributed by atoms with van der Waals surface area (Å²) in [6.07, 6.45) is 3.70. The van der Waals surface area contributed by atoms with Gasteiger partial charge >= 0.3 is 6.09 Å². The van der Waals surface area contributed by atoms with E-state index in [1.165, 1.54) is 0 Å². The zero-order chi connectivity index (χ0) is 23.3. The maximum Gasteiger partial charge on any atom is 0.537 e. The smallest absolute Gasteiger partial charge is 0.537 e. The molecular weight excluding hydrogens is 456 g/mol. The maximum absolute atomic E-state index is 14.0. The van der Waals surface area contributed by atoms with Crippen molar-refractivity contribution in [1.82, 2.24) is 5.01 Å². The minimum Gasteiger partial charge on any atom is -1.00 e. The first-order valence-corrected chi connectivity index (χ1v) is 11.4. The molecule has 34 heavy (non-hydrogen) atoms. The molecule has 2 aliphatic heterocycles. The first-order valence-electron chi connectivity index (χ1n) is 11.4. The van der Waals surface area contributed by atoms with Crippen LogP contribution in [0.1, 0.15) is 30.0 Å². The number of nitrogens with zero attached hydrogens (tertiary/aromatic N) is 2. The minimum atomic E-state index is -0.346. The standard InChI is InChI=1S/C26H33N2O5.ClH/c1-30-19-22-10-7-16-27(22)28(26(29)33-18-20-8-5-4-6-9-20)17-15-24(32-3)25(28)21-11-13-23(31-2)14-12-21;/h4-6,8-9,11-15,22,25H,7,10,16-19H2,1-3H3;1H/q+1;/p-1/t22-,25-,28?;/m0./s1. The van der Waals surface area contributed by atoms with E-state index in [9.17, 15) is 4.79 Å². The van der Waals surface area contributed by atoms with Crippen molar-refractivity contribution >= 4 is 6.09 Å². The Balaban J connectivity index is 0.00000324. The van der Waals surface area contributed by atoms with E-state index in [0.717, 1.165) is 42.0 Å². The number of benzene rings is 2. The summed E-state index contributed by atoms with van der Waals surface area (Å²) in [5.41, 5.74) is 1.93. The van der Waals surface area contributed by atoms with Crippen LogP contribution in [0.2, 0.25) is 0 Å². The normalized spacial score (nSPS) is 24.3. The van der Waals surface area contributed by atoms with Crippen LogP contribution in [-0.4, -0.2) is 62.8 Å². The Labute approximate surface area is 207 Å². The summed E-state index contributed by atoms with van der Waals surface area (Å²) in [4.78, 5) is 14.0. The highest BCUT2D eigenvalue weighted by molar-refractivity contribution is 5.61. The number of carbonyl (C=O) groups excluding carboxylic acids is 1. The Kier molecular flexibility index (Phi) is 8.97. The van der Waals surface area contributed by atoms with Gasteiger partial charge in [0.2, 0.25) is 6.04 Å². The lowest BCUT2D eigenvalue weighted by molar-refractivity contribution is -0.987. The molecule has 3 atom stereocenters. The summed E-state index contributed by atoms with van der Waals surface area (Å²) in [6.45, 7) is 2.03. The molecule has 0 saturated carbocycles. The highest BCUT2D eigenvalue weighted by Gasteiger charge is 2.60. The Bertz CT molecular complexity index is 969. The molecule has 0 aliphatic carbocycles. The molecule has 1 saturated heterocycles. The number of hydrogen-bond acceptors (Lipinski definition) is 6. The molecule has 0 bridgehead atoms. The topological polar surface area (TPSA) is 57.2 Å². The first kappa shape index (κ1) is 26.0. The fraction of sp³-hybridized carbons (Fsp3) is 0.423. The molecule has 0 aromatic heterocycles. The molecule has 2 aliphatic rings. The van der Waals surface area contributed by atoms with Crippen LogP contribution < -0.4 is 17.1 Å². The summed E-state index contributed by atoms with van der Waals surface area (Å²) in [5, 5.41) is 2.24. The van der Waals surface area contributed by atoms with Gasteiger partial charge < -0.3 is 31.4 Å². The van der Waals surface area contributed by atoms with E-state index < -0.39 is 0 Å². The maximum atomic E-state index is 14.0. The molecule has 184 valence electrons. The van der Waals surface area contributed by atoms with Crippen LogP contribution in [0.5, 0.6) is 5.75 Å². The Morgan fingerprint density at radius 3 is 2.41 bits per heavy atom. The molecule has 4 rings (SSSR count). The van der Waals surface area contributed by atoms with Crippen LogP contribution >= 0.6 is 0 Å². The number of methoxy groups -OCH3 is 3. The SMILES string of the molecule is COC[C@@H]1CCCN1[N+]1(C(=O)OCc2ccccc2)CC=C(OC)[C@@H]1c1ccc(OC)cc1.[Cl-]. The molecule has 1 fully saturated rings. The van der Waals surface area contributed by atoms with Crippen LogP contribution in [0.3, 0.4) is 0 Å². The van der Waals surface area contributed by atoms with Crippen LogP contribution in [0, 0.1) is 0 Å². The van der Waals surface area contributed by atoms with Gasteiger partial charge in [-0.3, -0.25) is 0 Å². The summed E-state index contributed by atoms with van der Waals surface area (Å²) >= 11 is 0. The summed E-state index contributed by atoms with van der Waals surface area (Å²) in [7, 11) is 5.01. The summed E-state index contributed by atoms with van der Waals surface area (Å²) < 4.78 is 22.7. The number of amides is 1. The first-order chi connectivity index (χ1) is 16.1. The molecule has 0 spiro atoms. The highest BCUT2D eigenvalue weighted by Crippen LogP contribution is 2.46. The Morgan fingerprint density at radius 1 is 1.03 bits per heavy atom. The monoisotopic (exact) mass is 488 g/mol. The largest absolute Gasteiger partial charge is 1.00 e. The van der Waals surface area contributed by atoms with Crippen molar-refractivity contribution in [2.45, 2.75) is 31.5 Å². The van der Waals surface area contributed by atoms with Gasteiger partial charge in [-0.2, -0.15) is 4.79 Å². The quantitative estimate of drug-likeness (QED) is 0.524. The van der Waals surface area contributed by atoms with Gasteiger partial charge in [-0.05, 0) is 42.7 Å². The molecule has 2 aromatic rings. The van der Waals surface area contributed by atoms with Gasteiger partial charge in [0, 0.05) is 25.3 Å². The fourth-order valence-corrected chi connectivity index (χ4v) is 5.07. The van der Waals surface area contributed by atoms with Crippen molar-refractivity contribution in [3.63, 3.8) is 0 Å². The predicted octanol–water partition coefficient (Wildman–Crippen LogP) is 1.46. The van der Waals surface area contributed by atoms with Crippen molar-refractivity contribution in [2.24, 2.45) is 0 Å². The molecule has 0 radical (unpaired) electrons. The predicted molar refractivity (Wildman–Crippen MR) is 124 cm³/mol. The second-order valence-corrected chi connectivity index (χ2v) is 8.45. The zero-order valence-corrected chi connectivity index (χ0v) is 20.7. The molecule has 1 amide bonds. The van der Waals surface area contributed by atoms with Gasteiger partial charge in [0.15, 0.2) is 5.76 Å². The zero-order valence-electron chi connectivity index (χ0n) is 20.0. The minimum absolute atomic E-state index is 0. The van der Waals surface area contributed by atoms with Gasteiger partial charge in [0.1, 0.15) is 18.9 Å². The molecule has 2 heterocycles. The number of rotatable bonds is 8. The van der Waals surface area contributed by atoms with Gasteiger partial charge in [0.25, 0.3) is 0 Å². The van der Waals surface area contributed by atoms with Crippen molar-refractivity contribution in [3.05, 3.63) is 77.6 Å². The van der Waals surface area contributed by atoms with E-state index >= 15 is 0 Å². The molecule has 2 aromatic carbocycles. The molecule has 1 unspecified atom stereocenters. The lowest BCUT2D eigenvalue weighted by Gasteiger charge is -2.44. The van der Waals surface area contributed by atoms with Gasteiger partial charge in [-0.25, -0.2) is 0 Å². The van der Waals surface area contributed by atoms with Crippen LogP contribution in [0.15, 0.2) is 66.4 Å². The van der Waals surface area contributed by atoms with Crippen molar-refractivity contribution in [2.75, 3.05) is 41.0 Å². The molecule has 8 heteroatoms. The average Bonchev–Trinajstić information content (AvgIpc) is 3.48. The van der Waals surface area contributed by atoms with E-state index in [2.05, 4.69) is 5.01 Å². The van der Waals surface area contributed by atoms with Gasteiger partial charge in [0.05, 0.1) is 26.9 Å². The van der Waals surface area contributed by atoms with Gasteiger partial charge in [-0.1, -0.05) is 30.3 Å². The van der Waals surface area contributed by atoms with E-state index in [4.69, 9.17) is 18.9 Å². The third-order valence-corrected chi connectivity index (χ3v) is 6.62. The lowest BCUT2D eigenvalue weighted by atomic mass is 10.0. The van der Waals surface area contributed by atoms with Crippen molar-refractivity contribution in [1.29, 1.82) is 0 Å². The summed E-state index contributed by atoms with van der Waals surface area (Å²) in [6, 6.07) is 17.4. The summed E-state index contributed by atoms with van der Waals surface area (Å²) in [5.74, 6) is 1.53. The fourth-order valence-electron chi connectivity index (χ4n) is 5.07. The second kappa shape index (κ2) is 11.7. The number of ether oxygens (including phenoxy) is 4. The third kappa shape index (κ3) is 4.93. The van der Waals surface area contributed by atoms with Crippen molar-refractivity contribution in [3.8, 4) is 5.75 Å². The van der Waals surface area contributed by atoms with Crippen molar-refractivity contribution < 1.29 is 40.7 Å². The molecular formula is C26H33ClN2O5. The Morgan fingerprint density at radius 2 is 1.76 bits per heavy atom. The van der Waals surface area contributed by atoms with Gasteiger partial charge in [-0.15, -0.1) is 9.60 Å². The van der Waals surface area contributed by atoms with E-state index in [0.29, 0.717) is 13.2 Å². The third-order valence-electron chi connectivity index (χ3n) is 6.62. The number of hydrogen-bond donors (Lipinski definition) is 0. The molecule has 7 nitrogen and oxygen atoms in total. The van der Waals surface area contributed by atoms with Crippen LogP contribution in [0.4, 0.5) is 4.79 Å². The number of quaternary nitrogens is 1. The number of carbonyl (C=O) groups is 1. The lowest BCUT2D eigenvalue weighted by Crippen LogP contribution is -3.00. The second-order valence-electron chi connectivity index (χ2n) is 8.45. The van der Waals surface area contributed by atoms with E-state index in [-0.39, 0.29) is 41.8 Å².